The molecule has 1 aromatic carbocycles. The van der Waals surface area contributed by atoms with Crippen LogP contribution in [0.2, 0.25) is 0 Å². The predicted molar refractivity (Wildman–Crippen MR) is 89.8 cm³/mol. The Morgan fingerprint density at radius 2 is 1.36 bits per heavy atom. The van der Waals surface area contributed by atoms with Crippen molar-refractivity contribution in [1.82, 2.24) is 0 Å². The molecular formula is C18H30N2O2+2. The molecule has 0 N–H and O–H groups in total. The van der Waals surface area contributed by atoms with Gasteiger partial charge in [0.15, 0.2) is 5.78 Å². The molecule has 0 saturated carbocycles. The molecule has 0 aliphatic heterocycles. The first-order valence-electron chi connectivity index (χ1n) is 7.83. The monoisotopic (exact) mass is 306 g/mol. The molecule has 0 radical (unpaired) electrons. The zero-order valence-electron chi connectivity index (χ0n) is 14.6. The highest BCUT2D eigenvalue weighted by molar-refractivity contribution is 5.96. The molecule has 0 fully saturated rings. The van der Waals surface area contributed by atoms with E-state index in [9.17, 15) is 9.59 Å². The second-order valence-corrected chi connectivity index (χ2v) is 7.48. The van der Waals surface area contributed by atoms with E-state index < -0.39 is 0 Å². The summed E-state index contributed by atoms with van der Waals surface area (Å²) in [5.41, 5.74) is 0.779. The van der Waals surface area contributed by atoms with E-state index in [1.165, 1.54) is 0 Å². The van der Waals surface area contributed by atoms with Gasteiger partial charge >= 0.3 is 0 Å². The van der Waals surface area contributed by atoms with E-state index >= 15 is 0 Å². The summed E-state index contributed by atoms with van der Waals surface area (Å²) in [7, 11) is 8.34. The van der Waals surface area contributed by atoms with E-state index in [1.54, 1.807) is 6.92 Å². The van der Waals surface area contributed by atoms with E-state index in [0.29, 0.717) is 22.1 Å². The van der Waals surface area contributed by atoms with Crippen molar-refractivity contribution in [2.24, 2.45) is 0 Å². The molecule has 4 heteroatoms. The van der Waals surface area contributed by atoms with Gasteiger partial charge in [-0.25, -0.2) is 0 Å². The van der Waals surface area contributed by atoms with Crippen LogP contribution in [-0.4, -0.2) is 74.9 Å². The fraction of sp³-hybridized carbons (Fsp3) is 0.556. The molecule has 4 nitrogen and oxygen atoms in total. The molecule has 0 bridgehead atoms. The maximum absolute atomic E-state index is 12.3. The van der Waals surface area contributed by atoms with E-state index in [4.69, 9.17) is 0 Å². The molecule has 0 spiro atoms. The number of hydrogen-bond donors (Lipinski definition) is 0. The van der Waals surface area contributed by atoms with Crippen molar-refractivity contribution in [3.8, 4) is 0 Å². The molecule has 122 valence electrons. The van der Waals surface area contributed by atoms with Gasteiger partial charge in [-0.15, -0.1) is 0 Å². The Bertz CT molecular complexity index is 507. The van der Waals surface area contributed by atoms with E-state index in [2.05, 4.69) is 28.2 Å². The van der Waals surface area contributed by atoms with Gasteiger partial charge in [-0.3, -0.25) is 9.59 Å². The summed E-state index contributed by atoms with van der Waals surface area (Å²) in [5, 5.41) is 0. The lowest BCUT2D eigenvalue weighted by molar-refractivity contribution is -0.901. The number of benzene rings is 1. The van der Waals surface area contributed by atoms with Gasteiger partial charge in [0, 0.05) is 18.9 Å². The van der Waals surface area contributed by atoms with Crippen molar-refractivity contribution < 1.29 is 18.6 Å². The number of carbonyl (C=O) groups excluding carboxylic acids is 2. The number of hydrogen-bond acceptors (Lipinski definition) is 2. The lowest BCUT2D eigenvalue weighted by Crippen LogP contribution is -2.48. The smallest absolute Gasteiger partial charge is 0.216 e. The normalized spacial score (nSPS) is 12.2. The number of nitrogens with zero attached hydrogens (tertiary/aromatic N) is 2. The standard InChI is InChI=1S/C18H30N2O2/c1-16(21)14-19(2,3)12-9-13-20(4,5)15-18(22)17-10-7-6-8-11-17/h6-8,10-11H,9,12-15H2,1-5H3/q+2. The molecule has 0 atom stereocenters. The van der Waals surface area contributed by atoms with Gasteiger partial charge in [0.1, 0.15) is 13.1 Å². The average molecular weight is 306 g/mol. The number of ketones is 2. The molecule has 1 aromatic rings. The average Bonchev–Trinajstić information content (AvgIpc) is 2.36. The van der Waals surface area contributed by atoms with Crippen LogP contribution in [0.4, 0.5) is 0 Å². The third kappa shape index (κ3) is 6.96. The third-order valence-corrected chi connectivity index (χ3v) is 3.84. The van der Waals surface area contributed by atoms with Crippen LogP contribution in [0.15, 0.2) is 30.3 Å². The Kier molecular flexibility index (Phi) is 6.45. The molecule has 0 aliphatic carbocycles. The first-order chi connectivity index (χ1) is 10.1. The Hall–Kier alpha value is -1.52. The van der Waals surface area contributed by atoms with Crippen molar-refractivity contribution >= 4 is 11.6 Å². The topological polar surface area (TPSA) is 34.1 Å². The Labute approximate surface area is 134 Å². The Morgan fingerprint density at radius 3 is 1.86 bits per heavy atom. The van der Waals surface area contributed by atoms with Crippen LogP contribution in [0, 0.1) is 0 Å². The lowest BCUT2D eigenvalue weighted by atomic mass is 10.1. The SMILES string of the molecule is CC(=O)C[N+](C)(C)CCC[N+](C)(C)CC(=O)c1ccccc1. The van der Waals surface area contributed by atoms with Gasteiger partial charge in [0.05, 0.1) is 41.3 Å². The highest BCUT2D eigenvalue weighted by Gasteiger charge is 2.23. The second kappa shape index (κ2) is 7.65. The van der Waals surface area contributed by atoms with Crippen molar-refractivity contribution in [2.45, 2.75) is 13.3 Å². The summed E-state index contributed by atoms with van der Waals surface area (Å²) in [6, 6.07) is 9.46. The minimum Gasteiger partial charge on any atom is -0.322 e. The Morgan fingerprint density at radius 1 is 0.864 bits per heavy atom. The maximum Gasteiger partial charge on any atom is 0.216 e. The summed E-state index contributed by atoms with van der Waals surface area (Å²) >= 11 is 0. The van der Waals surface area contributed by atoms with Crippen LogP contribution < -0.4 is 0 Å². The molecule has 22 heavy (non-hydrogen) atoms. The van der Waals surface area contributed by atoms with Crippen LogP contribution in [-0.2, 0) is 4.79 Å². The van der Waals surface area contributed by atoms with Crippen LogP contribution >= 0.6 is 0 Å². The van der Waals surface area contributed by atoms with Crippen LogP contribution in [0.3, 0.4) is 0 Å². The van der Waals surface area contributed by atoms with Crippen molar-refractivity contribution in [1.29, 1.82) is 0 Å². The quantitative estimate of drug-likeness (QED) is 0.516. The van der Waals surface area contributed by atoms with Gasteiger partial charge in [0.2, 0.25) is 5.78 Å². The minimum absolute atomic E-state index is 0.183. The van der Waals surface area contributed by atoms with Gasteiger partial charge in [-0.1, -0.05) is 30.3 Å². The van der Waals surface area contributed by atoms with Gasteiger partial charge < -0.3 is 8.97 Å². The highest BCUT2D eigenvalue weighted by Crippen LogP contribution is 2.08. The summed E-state index contributed by atoms with van der Waals surface area (Å²) in [4.78, 5) is 23.6. The van der Waals surface area contributed by atoms with Crippen molar-refractivity contribution in [2.75, 3.05) is 54.4 Å². The number of carbonyl (C=O) groups is 2. The van der Waals surface area contributed by atoms with E-state index in [1.807, 2.05) is 30.3 Å². The number of rotatable bonds is 9. The fourth-order valence-electron chi connectivity index (χ4n) is 2.79. The summed E-state index contributed by atoms with van der Waals surface area (Å²) < 4.78 is 1.38. The van der Waals surface area contributed by atoms with Gasteiger partial charge in [-0.2, -0.15) is 0 Å². The first kappa shape index (κ1) is 18.5. The largest absolute Gasteiger partial charge is 0.322 e. The fourth-order valence-corrected chi connectivity index (χ4v) is 2.79. The molecule has 0 amide bonds. The van der Waals surface area contributed by atoms with Crippen molar-refractivity contribution in [3.05, 3.63) is 35.9 Å². The third-order valence-electron chi connectivity index (χ3n) is 3.84. The minimum atomic E-state index is 0.183. The molecule has 1 rings (SSSR count). The number of Topliss-reactive ketones (excluding diaryl/α,β-unsaturated/α-hetero) is 2. The first-order valence-corrected chi connectivity index (χ1v) is 7.83. The van der Waals surface area contributed by atoms with E-state index in [-0.39, 0.29) is 11.6 Å². The molecule has 0 unspecified atom stereocenters. The maximum atomic E-state index is 12.3. The molecule has 0 heterocycles. The lowest BCUT2D eigenvalue weighted by Gasteiger charge is -2.32. The molecule has 0 aromatic heterocycles. The van der Waals surface area contributed by atoms with Gasteiger partial charge in [-0.05, 0) is 0 Å². The van der Waals surface area contributed by atoms with Crippen LogP contribution in [0.5, 0.6) is 0 Å². The zero-order valence-corrected chi connectivity index (χ0v) is 14.6. The summed E-state index contributed by atoms with van der Waals surface area (Å²) in [6.07, 6.45) is 0.995. The summed E-state index contributed by atoms with van der Waals surface area (Å²) in [6.45, 7) is 4.58. The van der Waals surface area contributed by atoms with Crippen LogP contribution in [0.1, 0.15) is 23.7 Å². The number of likely N-dealkylation sites (N-methyl/N-ethyl adjacent to an activating group) is 2. The van der Waals surface area contributed by atoms with Crippen LogP contribution in [0.25, 0.3) is 0 Å². The van der Waals surface area contributed by atoms with Crippen molar-refractivity contribution in [3.63, 3.8) is 0 Å². The number of quaternary nitrogens is 2. The molecular weight excluding hydrogens is 276 g/mol. The molecule has 0 saturated heterocycles. The summed E-state index contributed by atoms with van der Waals surface area (Å²) in [5.74, 6) is 0.404. The van der Waals surface area contributed by atoms with Gasteiger partial charge in [0.25, 0.3) is 0 Å². The predicted octanol–water partition coefficient (Wildman–Crippen LogP) is 2.00. The zero-order chi connectivity index (χ0) is 16.8. The highest BCUT2D eigenvalue weighted by atomic mass is 16.1. The molecule has 0 aliphatic rings. The Balaban J connectivity index is 2.47. The second-order valence-electron chi connectivity index (χ2n) is 7.48. The van der Waals surface area contributed by atoms with E-state index in [0.717, 1.165) is 25.1 Å².